The Morgan fingerprint density at radius 2 is 1.48 bits per heavy atom. The van der Waals surface area contributed by atoms with Crippen molar-refractivity contribution in [1.82, 2.24) is 5.32 Å². The van der Waals surface area contributed by atoms with Gasteiger partial charge in [0, 0.05) is 5.56 Å². The molecule has 0 bridgehead atoms. The zero-order chi connectivity index (χ0) is 18.4. The van der Waals surface area contributed by atoms with Crippen molar-refractivity contribution in [2.24, 2.45) is 5.92 Å². The number of rotatable bonds is 6. The maximum absolute atomic E-state index is 12.4. The third kappa shape index (κ3) is 4.67. The number of anilines is 1. The molecule has 0 aromatic heterocycles. The third-order valence-corrected chi connectivity index (χ3v) is 3.66. The number of hydrogen-bond acceptors (Lipinski definition) is 4. The molecule has 1 unspecified atom stereocenters. The van der Waals surface area contributed by atoms with Crippen LogP contribution < -0.4 is 15.7 Å². The van der Waals surface area contributed by atoms with E-state index in [9.17, 15) is 19.5 Å². The Morgan fingerprint density at radius 3 is 2.08 bits per heavy atom. The monoisotopic (exact) mass is 339 g/mol. The molecule has 0 fully saturated rings. The molecule has 0 spiro atoms. The van der Waals surface area contributed by atoms with Crippen LogP contribution in [0.15, 0.2) is 54.6 Å². The van der Waals surface area contributed by atoms with E-state index in [0.717, 1.165) is 0 Å². The average molecular weight is 339 g/mol. The Hall–Kier alpha value is -3.15. The summed E-state index contributed by atoms with van der Waals surface area (Å²) in [5.41, 5.74) is 0.931. The summed E-state index contributed by atoms with van der Waals surface area (Å²) in [5.74, 6) is -2.64. The van der Waals surface area contributed by atoms with Gasteiger partial charge < -0.3 is 20.5 Å². The van der Waals surface area contributed by atoms with Gasteiger partial charge in [-0.3, -0.25) is 9.59 Å². The second-order valence-electron chi connectivity index (χ2n) is 5.88. The van der Waals surface area contributed by atoms with Crippen molar-refractivity contribution in [3.05, 3.63) is 65.7 Å². The number of carbonyl (C=O) groups is 3. The molecule has 130 valence electrons. The first-order valence-electron chi connectivity index (χ1n) is 7.87. The van der Waals surface area contributed by atoms with Gasteiger partial charge in [0.05, 0.1) is 23.3 Å². The van der Waals surface area contributed by atoms with Gasteiger partial charge in [-0.15, -0.1) is 0 Å². The normalized spacial score (nSPS) is 11.6. The standard InChI is InChI=1S/C19H20N2O4/c1-12(2)16(19(24)25)21-18(23)14-10-6-7-11-15(14)20-17(22)13-8-4-3-5-9-13/h3-12,16H,1-2H3,(H,20,22)(H,21,23)(H,24,25)/p-1. The highest BCUT2D eigenvalue weighted by atomic mass is 16.4. The summed E-state index contributed by atoms with van der Waals surface area (Å²) in [6.45, 7) is 3.34. The largest absolute Gasteiger partial charge is 0.548 e. The average Bonchev–Trinajstić information content (AvgIpc) is 2.60. The molecule has 2 aromatic rings. The summed E-state index contributed by atoms with van der Waals surface area (Å²) in [5, 5.41) is 16.3. The fraction of sp³-hybridized carbons (Fsp3) is 0.211. The van der Waals surface area contributed by atoms with Crippen molar-refractivity contribution in [3.8, 4) is 0 Å². The lowest BCUT2D eigenvalue weighted by molar-refractivity contribution is -0.309. The van der Waals surface area contributed by atoms with E-state index in [4.69, 9.17) is 0 Å². The van der Waals surface area contributed by atoms with Gasteiger partial charge in [0.25, 0.3) is 11.8 Å². The lowest BCUT2D eigenvalue weighted by Gasteiger charge is -2.23. The minimum absolute atomic E-state index is 0.179. The van der Waals surface area contributed by atoms with Crippen molar-refractivity contribution in [2.45, 2.75) is 19.9 Å². The van der Waals surface area contributed by atoms with E-state index < -0.39 is 17.9 Å². The molecular weight excluding hydrogens is 320 g/mol. The number of benzene rings is 2. The maximum atomic E-state index is 12.4. The van der Waals surface area contributed by atoms with Crippen molar-refractivity contribution in [2.75, 3.05) is 5.32 Å². The molecule has 2 amide bonds. The van der Waals surface area contributed by atoms with Crippen LogP contribution in [0.3, 0.4) is 0 Å². The molecule has 2 aromatic carbocycles. The van der Waals surface area contributed by atoms with Gasteiger partial charge in [-0.2, -0.15) is 0 Å². The Morgan fingerprint density at radius 1 is 0.880 bits per heavy atom. The summed E-state index contributed by atoms with van der Waals surface area (Å²) in [6.07, 6.45) is 0. The van der Waals surface area contributed by atoms with Gasteiger partial charge in [-0.25, -0.2) is 0 Å². The number of amides is 2. The van der Waals surface area contributed by atoms with Crippen molar-refractivity contribution >= 4 is 23.5 Å². The van der Waals surface area contributed by atoms with Crippen LogP contribution in [0.5, 0.6) is 0 Å². The summed E-state index contributed by atoms with van der Waals surface area (Å²) in [6, 6.07) is 13.9. The van der Waals surface area contributed by atoms with Crippen molar-refractivity contribution in [1.29, 1.82) is 0 Å². The van der Waals surface area contributed by atoms with Crippen LogP contribution >= 0.6 is 0 Å². The summed E-state index contributed by atoms with van der Waals surface area (Å²) < 4.78 is 0. The van der Waals surface area contributed by atoms with Crippen LogP contribution in [0.2, 0.25) is 0 Å². The quantitative estimate of drug-likeness (QED) is 0.832. The van der Waals surface area contributed by atoms with E-state index in [1.54, 1.807) is 62.4 Å². The summed E-state index contributed by atoms with van der Waals surface area (Å²) in [7, 11) is 0. The molecule has 0 aliphatic heterocycles. The Balaban J connectivity index is 2.21. The molecule has 0 aliphatic carbocycles. The highest BCUT2D eigenvalue weighted by molar-refractivity contribution is 6.09. The van der Waals surface area contributed by atoms with E-state index in [0.29, 0.717) is 11.3 Å². The lowest BCUT2D eigenvalue weighted by atomic mass is 10.0. The first-order valence-corrected chi connectivity index (χ1v) is 7.87. The van der Waals surface area contributed by atoms with Crippen LogP contribution in [-0.2, 0) is 4.79 Å². The molecule has 2 rings (SSSR count). The SMILES string of the molecule is CC(C)C(NC(=O)c1ccccc1NC(=O)c1ccccc1)C(=O)[O-]. The zero-order valence-electron chi connectivity index (χ0n) is 14.0. The molecule has 0 saturated carbocycles. The van der Waals surface area contributed by atoms with Crippen LogP contribution in [0.1, 0.15) is 34.6 Å². The Kier molecular flexibility index (Phi) is 5.89. The van der Waals surface area contributed by atoms with E-state index in [2.05, 4.69) is 10.6 Å². The van der Waals surface area contributed by atoms with Crippen LogP contribution in [-0.4, -0.2) is 23.8 Å². The highest BCUT2D eigenvalue weighted by Gasteiger charge is 2.20. The maximum Gasteiger partial charge on any atom is 0.255 e. The number of nitrogens with one attached hydrogen (secondary N) is 2. The number of hydrogen-bond donors (Lipinski definition) is 2. The van der Waals surface area contributed by atoms with E-state index in [-0.39, 0.29) is 17.4 Å². The topological polar surface area (TPSA) is 98.3 Å². The van der Waals surface area contributed by atoms with Crippen LogP contribution in [0.4, 0.5) is 5.69 Å². The first kappa shape index (κ1) is 18.2. The van der Waals surface area contributed by atoms with Gasteiger partial charge >= 0.3 is 0 Å². The minimum Gasteiger partial charge on any atom is -0.548 e. The van der Waals surface area contributed by atoms with Crippen LogP contribution in [0.25, 0.3) is 0 Å². The molecule has 0 radical (unpaired) electrons. The van der Waals surface area contributed by atoms with Gasteiger partial charge in [0.2, 0.25) is 0 Å². The van der Waals surface area contributed by atoms with Gasteiger partial charge in [0.1, 0.15) is 0 Å². The molecule has 0 aliphatic rings. The third-order valence-electron chi connectivity index (χ3n) is 3.66. The number of carboxylic acid groups (broad SMARTS) is 1. The molecule has 6 nitrogen and oxygen atoms in total. The Labute approximate surface area is 145 Å². The molecule has 0 heterocycles. The molecule has 1 atom stereocenters. The smallest absolute Gasteiger partial charge is 0.255 e. The predicted molar refractivity (Wildman–Crippen MR) is 91.9 cm³/mol. The first-order chi connectivity index (χ1) is 11.9. The van der Waals surface area contributed by atoms with Gasteiger partial charge in [0.15, 0.2) is 0 Å². The summed E-state index contributed by atoms with van der Waals surface area (Å²) in [4.78, 5) is 35.9. The van der Waals surface area contributed by atoms with Gasteiger partial charge in [-0.1, -0.05) is 44.2 Å². The fourth-order valence-electron chi connectivity index (χ4n) is 2.29. The van der Waals surface area contributed by atoms with E-state index >= 15 is 0 Å². The zero-order valence-corrected chi connectivity index (χ0v) is 14.0. The summed E-state index contributed by atoms with van der Waals surface area (Å²) >= 11 is 0. The van der Waals surface area contributed by atoms with Crippen LogP contribution in [0, 0.1) is 5.92 Å². The van der Waals surface area contributed by atoms with Gasteiger partial charge in [-0.05, 0) is 30.2 Å². The van der Waals surface area contributed by atoms with E-state index in [1.807, 2.05) is 0 Å². The molecule has 25 heavy (non-hydrogen) atoms. The molecule has 2 N–H and O–H groups in total. The molecular formula is C19H19N2O4-. The lowest BCUT2D eigenvalue weighted by Crippen LogP contribution is -2.50. The highest BCUT2D eigenvalue weighted by Crippen LogP contribution is 2.17. The van der Waals surface area contributed by atoms with Crippen molar-refractivity contribution < 1.29 is 19.5 Å². The predicted octanol–water partition coefficient (Wildman–Crippen LogP) is 1.44. The second kappa shape index (κ2) is 8.10. The second-order valence-corrected chi connectivity index (χ2v) is 5.88. The molecule has 0 saturated heterocycles. The minimum atomic E-state index is -1.35. The van der Waals surface area contributed by atoms with E-state index in [1.165, 1.54) is 6.07 Å². The number of carboxylic acids is 1. The number of carbonyl (C=O) groups excluding carboxylic acids is 3. The van der Waals surface area contributed by atoms with Crippen molar-refractivity contribution in [3.63, 3.8) is 0 Å². The number of aliphatic carboxylic acids is 1. The molecule has 6 heteroatoms. The Bertz CT molecular complexity index is 772. The number of para-hydroxylation sites is 1. The fourth-order valence-corrected chi connectivity index (χ4v) is 2.29.